The number of aryl methyl sites for hydroxylation is 1. The molecule has 3 rings (SSSR count). The van der Waals surface area contributed by atoms with Crippen LogP contribution in [0.2, 0.25) is 0 Å². The second kappa shape index (κ2) is 8.10. The number of benzene rings is 2. The van der Waals surface area contributed by atoms with Crippen LogP contribution in [0.15, 0.2) is 53.4 Å². The number of carbonyl (C=O) groups is 1. The minimum atomic E-state index is -3.65. The van der Waals surface area contributed by atoms with Crippen LogP contribution in [0.3, 0.4) is 0 Å². The van der Waals surface area contributed by atoms with E-state index < -0.39 is 10.0 Å². The maximum absolute atomic E-state index is 12.7. The van der Waals surface area contributed by atoms with E-state index in [1.54, 1.807) is 48.5 Å². The second-order valence-corrected chi connectivity index (χ2v) is 8.65. The van der Waals surface area contributed by atoms with Gasteiger partial charge in [-0.05, 0) is 56.2 Å². The molecular weight excluding hydrogens is 364 g/mol. The Bertz CT molecular complexity index is 887. The Morgan fingerprint density at radius 1 is 1.15 bits per heavy atom. The summed E-state index contributed by atoms with van der Waals surface area (Å²) in [5, 5.41) is 2.86. The summed E-state index contributed by atoms with van der Waals surface area (Å²) >= 11 is 0. The number of ether oxygens (including phenoxy) is 1. The van der Waals surface area contributed by atoms with E-state index in [1.807, 2.05) is 6.92 Å². The highest BCUT2D eigenvalue weighted by molar-refractivity contribution is 7.92. The van der Waals surface area contributed by atoms with Gasteiger partial charge >= 0.3 is 0 Å². The van der Waals surface area contributed by atoms with E-state index in [4.69, 9.17) is 4.74 Å². The zero-order valence-corrected chi connectivity index (χ0v) is 16.3. The van der Waals surface area contributed by atoms with Gasteiger partial charge in [0.15, 0.2) is 0 Å². The van der Waals surface area contributed by atoms with Crippen molar-refractivity contribution in [2.45, 2.75) is 30.8 Å². The highest BCUT2D eigenvalue weighted by Crippen LogP contribution is 2.22. The third-order valence-electron chi connectivity index (χ3n) is 4.69. The molecule has 6 nitrogen and oxygen atoms in total. The quantitative estimate of drug-likeness (QED) is 0.826. The van der Waals surface area contributed by atoms with Crippen LogP contribution < -0.4 is 9.62 Å². The molecule has 0 unspecified atom stereocenters. The summed E-state index contributed by atoms with van der Waals surface area (Å²) in [6.45, 7) is 3.14. The summed E-state index contributed by atoms with van der Waals surface area (Å²) in [5.41, 5.74) is 1.97. The van der Waals surface area contributed by atoms with Gasteiger partial charge in [0.05, 0.1) is 16.7 Å². The van der Waals surface area contributed by atoms with E-state index in [1.165, 1.54) is 11.4 Å². The van der Waals surface area contributed by atoms with Crippen molar-refractivity contribution in [1.82, 2.24) is 5.32 Å². The second-order valence-electron chi connectivity index (χ2n) is 6.68. The number of nitrogens with one attached hydrogen (secondary N) is 1. The van der Waals surface area contributed by atoms with Gasteiger partial charge in [-0.1, -0.05) is 17.7 Å². The fourth-order valence-corrected chi connectivity index (χ4v) is 4.14. The molecule has 1 N–H and O–H groups in total. The van der Waals surface area contributed by atoms with Crippen LogP contribution >= 0.6 is 0 Å². The minimum absolute atomic E-state index is 0.0824. The average Bonchev–Trinajstić information content (AvgIpc) is 3.19. The van der Waals surface area contributed by atoms with Crippen LogP contribution in [0.25, 0.3) is 0 Å². The van der Waals surface area contributed by atoms with Crippen LogP contribution in [0.5, 0.6) is 0 Å². The third kappa shape index (κ3) is 4.48. The van der Waals surface area contributed by atoms with E-state index in [2.05, 4.69) is 5.32 Å². The van der Waals surface area contributed by atoms with Gasteiger partial charge in [-0.15, -0.1) is 0 Å². The monoisotopic (exact) mass is 388 g/mol. The number of hydrogen-bond acceptors (Lipinski definition) is 4. The lowest BCUT2D eigenvalue weighted by molar-refractivity contribution is 0.0858. The molecule has 1 heterocycles. The summed E-state index contributed by atoms with van der Waals surface area (Å²) in [4.78, 5) is 12.5. The Morgan fingerprint density at radius 2 is 1.81 bits per heavy atom. The van der Waals surface area contributed by atoms with Crippen LogP contribution in [-0.2, 0) is 14.8 Å². The van der Waals surface area contributed by atoms with Gasteiger partial charge in [-0.25, -0.2) is 8.42 Å². The van der Waals surface area contributed by atoms with Gasteiger partial charge in [0.1, 0.15) is 0 Å². The zero-order chi connectivity index (χ0) is 19.4. The summed E-state index contributed by atoms with van der Waals surface area (Å²) in [5.74, 6) is -0.193. The van der Waals surface area contributed by atoms with Crippen molar-refractivity contribution in [3.8, 4) is 0 Å². The first kappa shape index (κ1) is 19.4. The lowest BCUT2D eigenvalue weighted by Gasteiger charge is -2.20. The molecular formula is C20H24N2O4S. The van der Waals surface area contributed by atoms with Crippen molar-refractivity contribution in [3.63, 3.8) is 0 Å². The lowest BCUT2D eigenvalue weighted by Crippen LogP contribution is -2.31. The molecule has 27 heavy (non-hydrogen) atoms. The van der Waals surface area contributed by atoms with Crippen molar-refractivity contribution >= 4 is 21.6 Å². The van der Waals surface area contributed by atoms with E-state index in [0.717, 1.165) is 25.0 Å². The van der Waals surface area contributed by atoms with E-state index in [0.29, 0.717) is 17.8 Å². The molecule has 0 aliphatic carbocycles. The number of rotatable bonds is 6. The van der Waals surface area contributed by atoms with Crippen molar-refractivity contribution in [2.24, 2.45) is 0 Å². The van der Waals surface area contributed by atoms with Gasteiger partial charge in [0.25, 0.3) is 15.9 Å². The van der Waals surface area contributed by atoms with Gasteiger partial charge in [0, 0.05) is 25.8 Å². The summed E-state index contributed by atoms with van der Waals surface area (Å²) in [6, 6.07) is 13.2. The van der Waals surface area contributed by atoms with Crippen molar-refractivity contribution in [1.29, 1.82) is 0 Å². The Labute approximate surface area is 160 Å². The molecule has 0 bridgehead atoms. The van der Waals surface area contributed by atoms with E-state index in [9.17, 15) is 13.2 Å². The third-order valence-corrected chi connectivity index (χ3v) is 6.49. The van der Waals surface area contributed by atoms with E-state index >= 15 is 0 Å². The predicted molar refractivity (Wildman–Crippen MR) is 105 cm³/mol. The van der Waals surface area contributed by atoms with Gasteiger partial charge in [0.2, 0.25) is 0 Å². The smallest absolute Gasteiger partial charge is 0.264 e. The van der Waals surface area contributed by atoms with Crippen LogP contribution in [0.4, 0.5) is 5.69 Å². The number of nitrogens with zero attached hydrogens (tertiary/aromatic N) is 1. The summed E-state index contributed by atoms with van der Waals surface area (Å²) in [7, 11) is -2.15. The molecule has 0 saturated carbocycles. The number of carbonyl (C=O) groups excluding carboxylic acids is 1. The Balaban J connectivity index is 1.68. The first-order valence-corrected chi connectivity index (χ1v) is 10.4. The van der Waals surface area contributed by atoms with Gasteiger partial charge < -0.3 is 10.1 Å². The van der Waals surface area contributed by atoms with Gasteiger partial charge in [-0.2, -0.15) is 0 Å². The average molecular weight is 388 g/mol. The van der Waals surface area contributed by atoms with Gasteiger partial charge in [-0.3, -0.25) is 9.10 Å². The number of hydrogen-bond donors (Lipinski definition) is 1. The van der Waals surface area contributed by atoms with Crippen molar-refractivity contribution in [2.75, 3.05) is 24.5 Å². The standard InChI is InChI=1S/C20H24N2O4S/c1-15-5-11-19(12-6-15)27(24,25)22(2)17-9-7-16(8-10-17)20(23)21-14-18-4-3-13-26-18/h5-12,18H,3-4,13-14H2,1-2H3,(H,21,23)/t18-/m1/s1. The molecule has 0 aromatic heterocycles. The highest BCUT2D eigenvalue weighted by Gasteiger charge is 2.21. The van der Waals surface area contributed by atoms with Crippen LogP contribution in [-0.4, -0.2) is 40.6 Å². The highest BCUT2D eigenvalue weighted by atomic mass is 32.2. The summed E-state index contributed by atoms with van der Waals surface area (Å²) in [6.07, 6.45) is 2.07. The SMILES string of the molecule is Cc1ccc(S(=O)(=O)N(C)c2ccc(C(=O)NC[C@H]3CCCO3)cc2)cc1. The topological polar surface area (TPSA) is 75.7 Å². The molecule has 1 aliphatic rings. The molecule has 1 aliphatic heterocycles. The molecule has 1 fully saturated rings. The van der Waals surface area contributed by atoms with Crippen molar-refractivity contribution < 1.29 is 17.9 Å². The largest absolute Gasteiger partial charge is 0.376 e. The number of sulfonamides is 1. The first-order valence-electron chi connectivity index (χ1n) is 8.93. The van der Waals surface area contributed by atoms with E-state index in [-0.39, 0.29) is 16.9 Å². The molecule has 1 atom stereocenters. The number of amides is 1. The minimum Gasteiger partial charge on any atom is -0.376 e. The Hall–Kier alpha value is -2.38. The predicted octanol–water partition coefficient (Wildman–Crippen LogP) is 2.73. The Kier molecular flexibility index (Phi) is 5.82. The molecule has 7 heteroatoms. The fraction of sp³-hybridized carbons (Fsp3) is 0.350. The molecule has 2 aromatic rings. The molecule has 1 amide bonds. The maximum Gasteiger partial charge on any atom is 0.264 e. The van der Waals surface area contributed by atoms with Crippen molar-refractivity contribution in [3.05, 3.63) is 59.7 Å². The fourth-order valence-electron chi connectivity index (χ4n) is 2.94. The number of anilines is 1. The summed E-state index contributed by atoms with van der Waals surface area (Å²) < 4.78 is 32.2. The molecule has 1 saturated heterocycles. The maximum atomic E-state index is 12.7. The zero-order valence-electron chi connectivity index (χ0n) is 15.5. The normalized spacial score (nSPS) is 16.9. The lowest BCUT2D eigenvalue weighted by atomic mass is 10.2. The Morgan fingerprint density at radius 3 is 2.41 bits per heavy atom. The molecule has 0 radical (unpaired) electrons. The first-order chi connectivity index (χ1) is 12.9. The molecule has 144 valence electrons. The van der Waals surface area contributed by atoms with Crippen LogP contribution in [0, 0.1) is 6.92 Å². The molecule has 2 aromatic carbocycles. The van der Waals surface area contributed by atoms with Crippen LogP contribution in [0.1, 0.15) is 28.8 Å². The molecule has 0 spiro atoms.